The zero-order chi connectivity index (χ0) is 10.7. The van der Waals surface area contributed by atoms with Crippen LogP contribution in [-0.4, -0.2) is 31.9 Å². The van der Waals surface area contributed by atoms with Crippen LogP contribution in [0.4, 0.5) is 0 Å². The molecule has 0 aliphatic carbocycles. The predicted octanol–water partition coefficient (Wildman–Crippen LogP) is 0.113. The molecule has 0 saturated carbocycles. The molecule has 78 valence electrons. The molecule has 0 aliphatic heterocycles. The highest BCUT2D eigenvalue weighted by molar-refractivity contribution is 5.71. The first-order chi connectivity index (χ1) is 6.52. The molecule has 0 aliphatic rings. The second-order valence-electron chi connectivity index (χ2n) is 3.01. The van der Waals surface area contributed by atoms with Gasteiger partial charge in [0, 0.05) is 7.05 Å². The highest BCUT2D eigenvalue weighted by Gasteiger charge is 2.13. The third kappa shape index (κ3) is 2.29. The van der Waals surface area contributed by atoms with Gasteiger partial charge in [-0.15, -0.1) is 10.2 Å². The lowest BCUT2D eigenvalue weighted by Crippen LogP contribution is -2.20. The molecule has 1 aromatic heterocycles. The Kier molecular flexibility index (Phi) is 3.19. The van der Waals surface area contributed by atoms with E-state index in [0.29, 0.717) is 5.82 Å². The highest BCUT2D eigenvalue weighted by Crippen LogP contribution is 2.01. The van der Waals surface area contributed by atoms with Gasteiger partial charge in [-0.25, -0.2) is 4.79 Å². The number of nitrogens with zero attached hydrogens (tertiary/aromatic N) is 3. The fourth-order valence-corrected chi connectivity index (χ4v) is 0.848. The van der Waals surface area contributed by atoms with Crippen LogP contribution in [0.3, 0.4) is 0 Å². The molecular weight excluding hydrogens is 186 g/mol. The average Bonchev–Trinajstić information content (AvgIpc) is 2.44. The molecule has 0 radical (unpaired) electrons. The number of aliphatic carboxylic acids is 1. The van der Waals surface area contributed by atoms with Crippen LogP contribution in [-0.2, 0) is 23.2 Å². The molecule has 6 heteroatoms. The Morgan fingerprint density at radius 1 is 1.64 bits per heavy atom. The van der Waals surface area contributed by atoms with Gasteiger partial charge in [0.2, 0.25) is 0 Å². The van der Waals surface area contributed by atoms with Crippen molar-refractivity contribution in [3.8, 4) is 0 Å². The van der Waals surface area contributed by atoms with Crippen molar-refractivity contribution in [3.05, 3.63) is 11.6 Å². The normalized spacial score (nSPS) is 12.8. The molecule has 0 fully saturated rings. The zero-order valence-corrected chi connectivity index (χ0v) is 8.39. The van der Waals surface area contributed by atoms with E-state index in [1.165, 1.54) is 6.92 Å². The Balaban J connectivity index is 2.54. The molecule has 0 spiro atoms. The van der Waals surface area contributed by atoms with Crippen molar-refractivity contribution in [3.63, 3.8) is 0 Å². The molecule has 1 rings (SSSR count). The summed E-state index contributed by atoms with van der Waals surface area (Å²) in [4.78, 5) is 10.4. The van der Waals surface area contributed by atoms with Gasteiger partial charge in [0.1, 0.15) is 12.4 Å². The third-order valence-corrected chi connectivity index (χ3v) is 1.99. The summed E-state index contributed by atoms with van der Waals surface area (Å²) >= 11 is 0. The summed E-state index contributed by atoms with van der Waals surface area (Å²) in [6.07, 6.45) is -0.827. The maximum atomic E-state index is 10.4. The maximum absolute atomic E-state index is 10.4. The largest absolute Gasteiger partial charge is 0.479 e. The second kappa shape index (κ2) is 4.19. The average molecular weight is 199 g/mol. The van der Waals surface area contributed by atoms with Crippen molar-refractivity contribution in [2.45, 2.75) is 26.6 Å². The van der Waals surface area contributed by atoms with E-state index in [2.05, 4.69) is 10.2 Å². The fraction of sp³-hybridized carbons (Fsp3) is 0.625. The van der Waals surface area contributed by atoms with Gasteiger partial charge < -0.3 is 14.4 Å². The van der Waals surface area contributed by atoms with Crippen molar-refractivity contribution >= 4 is 5.97 Å². The summed E-state index contributed by atoms with van der Waals surface area (Å²) in [6, 6.07) is 0. The Bertz CT molecular complexity index is 335. The smallest absolute Gasteiger partial charge is 0.332 e. The van der Waals surface area contributed by atoms with Gasteiger partial charge in [-0.1, -0.05) is 0 Å². The molecule has 1 N–H and O–H groups in total. The number of aromatic nitrogens is 3. The number of ether oxygens (including phenoxy) is 1. The van der Waals surface area contributed by atoms with E-state index in [-0.39, 0.29) is 6.61 Å². The summed E-state index contributed by atoms with van der Waals surface area (Å²) in [5, 5.41) is 16.2. The molecule has 1 atom stereocenters. The number of hydrogen-bond acceptors (Lipinski definition) is 4. The molecule has 0 amide bonds. The van der Waals surface area contributed by atoms with Crippen molar-refractivity contribution in [2.24, 2.45) is 7.05 Å². The first-order valence-electron chi connectivity index (χ1n) is 4.21. The Morgan fingerprint density at radius 3 is 2.71 bits per heavy atom. The van der Waals surface area contributed by atoms with E-state index in [0.717, 1.165) is 5.82 Å². The minimum absolute atomic E-state index is 0.158. The van der Waals surface area contributed by atoms with Gasteiger partial charge in [0.25, 0.3) is 0 Å². The number of aryl methyl sites for hydroxylation is 1. The first-order valence-corrected chi connectivity index (χ1v) is 4.21. The van der Waals surface area contributed by atoms with E-state index >= 15 is 0 Å². The van der Waals surface area contributed by atoms with E-state index < -0.39 is 12.1 Å². The van der Waals surface area contributed by atoms with Gasteiger partial charge in [0.05, 0.1) is 0 Å². The highest BCUT2D eigenvalue weighted by atomic mass is 16.5. The van der Waals surface area contributed by atoms with Crippen LogP contribution in [0.1, 0.15) is 18.6 Å². The monoisotopic (exact) mass is 199 g/mol. The SMILES string of the molecule is Cc1nnc(COC(C)C(=O)O)n1C. The Hall–Kier alpha value is -1.43. The van der Waals surface area contributed by atoms with E-state index in [1.807, 2.05) is 6.92 Å². The maximum Gasteiger partial charge on any atom is 0.332 e. The van der Waals surface area contributed by atoms with Crippen molar-refractivity contribution in [1.82, 2.24) is 14.8 Å². The molecule has 0 aromatic carbocycles. The zero-order valence-electron chi connectivity index (χ0n) is 8.39. The van der Waals surface area contributed by atoms with Gasteiger partial charge in [-0.2, -0.15) is 0 Å². The number of carbonyl (C=O) groups is 1. The van der Waals surface area contributed by atoms with Crippen LogP contribution in [0.5, 0.6) is 0 Å². The standard InChI is InChI=1S/C8H13N3O3/c1-5(8(12)13)14-4-7-10-9-6(2)11(7)3/h5H,4H2,1-3H3,(H,12,13). The lowest BCUT2D eigenvalue weighted by Gasteiger charge is -2.07. The minimum atomic E-state index is -0.983. The van der Waals surface area contributed by atoms with Gasteiger partial charge >= 0.3 is 5.97 Å². The molecule has 1 aromatic rings. The quantitative estimate of drug-likeness (QED) is 0.744. The number of carboxylic acid groups (broad SMARTS) is 1. The lowest BCUT2D eigenvalue weighted by atomic mass is 10.4. The van der Waals surface area contributed by atoms with Crippen LogP contribution in [0.2, 0.25) is 0 Å². The van der Waals surface area contributed by atoms with Gasteiger partial charge in [-0.3, -0.25) is 0 Å². The van der Waals surface area contributed by atoms with Crippen molar-refractivity contribution in [2.75, 3.05) is 0 Å². The van der Waals surface area contributed by atoms with Gasteiger partial charge in [0.15, 0.2) is 11.9 Å². The van der Waals surface area contributed by atoms with Crippen LogP contribution in [0.25, 0.3) is 0 Å². The third-order valence-electron chi connectivity index (χ3n) is 1.99. The molecule has 0 saturated heterocycles. The van der Waals surface area contributed by atoms with Crippen LogP contribution < -0.4 is 0 Å². The summed E-state index contributed by atoms with van der Waals surface area (Å²) in [6.45, 7) is 3.45. The van der Waals surface area contributed by atoms with E-state index in [9.17, 15) is 4.79 Å². The van der Waals surface area contributed by atoms with Crippen molar-refractivity contribution < 1.29 is 14.6 Å². The molecular formula is C8H13N3O3. The Morgan fingerprint density at radius 2 is 2.29 bits per heavy atom. The summed E-state index contributed by atoms with van der Waals surface area (Å²) in [5.41, 5.74) is 0. The molecule has 0 bridgehead atoms. The molecule has 1 unspecified atom stereocenters. The van der Waals surface area contributed by atoms with Crippen LogP contribution >= 0.6 is 0 Å². The molecule has 6 nitrogen and oxygen atoms in total. The lowest BCUT2D eigenvalue weighted by molar-refractivity contribution is -0.150. The number of rotatable bonds is 4. The molecule has 1 heterocycles. The summed E-state index contributed by atoms with van der Waals surface area (Å²) in [5.74, 6) is 0.408. The van der Waals surface area contributed by atoms with Gasteiger partial charge in [-0.05, 0) is 13.8 Å². The molecule has 14 heavy (non-hydrogen) atoms. The fourth-order valence-electron chi connectivity index (χ4n) is 0.848. The van der Waals surface area contributed by atoms with Crippen molar-refractivity contribution in [1.29, 1.82) is 0 Å². The number of hydrogen-bond donors (Lipinski definition) is 1. The predicted molar refractivity (Wildman–Crippen MR) is 47.6 cm³/mol. The Labute approximate surface area is 81.5 Å². The van der Waals surface area contributed by atoms with E-state index in [1.54, 1.807) is 11.6 Å². The minimum Gasteiger partial charge on any atom is -0.479 e. The van der Waals surface area contributed by atoms with E-state index in [4.69, 9.17) is 9.84 Å². The topological polar surface area (TPSA) is 77.2 Å². The first kappa shape index (κ1) is 10.6. The second-order valence-corrected chi connectivity index (χ2v) is 3.01. The van der Waals surface area contributed by atoms with Crippen LogP contribution in [0.15, 0.2) is 0 Å². The van der Waals surface area contributed by atoms with Crippen LogP contribution in [0, 0.1) is 6.92 Å². The summed E-state index contributed by atoms with van der Waals surface area (Å²) in [7, 11) is 1.81. The summed E-state index contributed by atoms with van der Waals surface area (Å²) < 4.78 is 6.82. The number of carboxylic acids is 1.